The topological polar surface area (TPSA) is 85.9 Å². The third-order valence-electron chi connectivity index (χ3n) is 7.02. The van der Waals surface area contributed by atoms with Gasteiger partial charge in [0.2, 0.25) is 0 Å². The molecule has 7 nitrogen and oxygen atoms in total. The van der Waals surface area contributed by atoms with Crippen molar-refractivity contribution < 1.29 is 0 Å². The highest BCUT2D eigenvalue weighted by Crippen LogP contribution is 2.38. The van der Waals surface area contributed by atoms with Crippen molar-refractivity contribution in [3.8, 4) is 23.3 Å². The van der Waals surface area contributed by atoms with E-state index in [0.29, 0.717) is 23.2 Å². The van der Waals surface area contributed by atoms with Crippen LogP contribution < -0.4 is 0 Å². The van der Waals surface area contributed by atoms with E-state index in [9.17, 15) is 10.5 Å². The Kier molecular flexibility index (Phi) is 6.34. The molecule has 1 fully saturated rings. The normalized spacial score (nSPS) is 18.0. The Labute approximate surface area is 209 Å². The first-order valence-electron chi connectivity index (χ1n) is 11.8. The summed E-state index contributed by atoms with van der Waals surface area (Å²) in [6.45, 7) is 2.13. The van der Waals surface area contributed by atoms with Crippen molar-refractivity contribution in [2.45, 2.75) is 54.5 Å². The van der Waals surface area contributed by atoms with Crippen LogP contribution in [0, 0.1) is 29.6 Å². The number of nitrogens with zero attached hydrogens (tertiary/aromatic N) is 7. The molecular weight excluding hydrogens is 454 g/mol. The van der Waals surface area contributed by atoms with E-state index in [1.807, 2.05) is 36.7 Å². The summed E-state index contributed by atoms with van der Waals surface area (Å²) >= 11 is 1.49. The molecule has 0 N–H and O–H groups in total. The van der Waals surface area contributed by atoms with Crippen LogP contribution in [0.5, 0.6) is 0 Å². The van der Waals surface area contributed by atoms with Crippen LogP contribution in [0.15, 0.2) is 58.7 Å². The van der Waals surface area contributed by atoms with Crippen LogP contribution in [0.2, 0.25) is 0 Å². The molecule has 0 saturated heterocycles. The minimum absolute atomic E-state index is 0.412. The molecule has 1 aliphatic carbocycles. The Morgan fingerprint density at radius 1 is 0.971 bits per heavy atom. The van der Waals surface area contributed by atoms with Gasteiger partial charge in [-0.3, -0.25) is 4.68 Å². The minimum atomic E-state index is 0.412. The van der Waals surface area contributed by atoms with Gasteiger partial charge in [0, 0.05) is 38.9 Å². The Bertz CT molecular complexity index is 1460. The van der Waals surface area contributed by atoms with E-state index in [0.717, 1.165) is 45.0 Å². The highest BCUT2D eigenvalue weighted by molar-refractivity contribution is 7.99. The van der Waals surface area contributed by atoms with Gasteiger partial charge < -0.3 is 4.90 Å². The highest BCUT2D eigenvalue weighted by atomic mass is 32.2. The van der Waals surface area contributed by atoms with E-state index in [-0.39, 0.29) is 0 Å². The zero-order chi connectivity index (χ0) is 24.5. The summed E-state index contributed by atoms with van der Waals surface area (Å²) in [4.78, 5) is 4.07. The van der Waals surface area contributed by atoms with Gasteiger partial charge in [-0.1, -0.05) is 23.9 Å². The molecule has 0 unspecified atom stereocenters. The third kappa shape index (κ3) is 4.32. The van der Waals surface area contributed by atoms with E-state index in [4.69, 9.17) is 5.10 Å². The maximum atomic E-state index is 9.67. The molecule has 1 saturated carbocycles. The van der Waals surface area contributed by atoms with Gasteiger partial charge in [0.25, 0.3) is 0 Å². The smallest absolute Gasteiger partial charge is 0.103 e. The van der Waals surface area contributed by atoms with E-state index in [1.54, 1.807) is 10.7 Å². The molecule has 8 heteroatoms. The largest absolute Gasteiger partial charge is 0.306 e. The molecule has 3 aromatic heterocycles. The summed E-state index contributed by atoms with van der Waals surface area (Å²) in [6.07, 6.45) is 10.1. The number of pyridine rings is 1. The summed E-state index contributed by atoms with van der Waals surface area (Å²) in [5.41, 5.74) is 5.06. The first kappa shape index (κ1) is 23.2. The summed E-state index contributed by atoms with van der Waals surface area (Å²) in [5.74, 6) is 0. The van der Waals surface area contributed by atoms with Crippen molar-refractivity contribution in [2.75, 3.05) is 14.1 Å². The van der Waals surface area contributed by atoms with Crippen molar-refractivity contribution in [1.29, 1.82) is 10.5 Å². The predicted molar refractivity (Wildman–Crippen MR) is 136 cm³/mol. The van der Waals surface area contributed by atoms with Crippen LogP contribution in [0.1, 0.15) is 48.5 Å². The van der Waals surface area contributed by atoms with Crippen LogP contribution >= 0.6 is 11.8 Å². The van der Waals surface area contributed by atoms with E-state index in [2.05, 4.69) is 53.9 Å². The van der Waals surface area contributed by atoms with Crippen LogP contribution in [0.25, 0.3) is 16.6 Å². The van der Waals surface area contributed by atoms with Gasteiger partial charge >= 0.3 is 0 Å². The van der Waals surface area contributed by atoms with Gasteiger partial charge in [-0.15, -0.1) is 0 Å². The molecule has 0 aliphatic heterocycles. The molecule has 1 aliphatic rings. The zero-order valence-electron chi connectivity index (χ0n) is 20.1. The number of fused-ring (bicyclic) bond motifs is 1. The standard InChI is InChI=1S/C27H27N7S/c1-18-24(16-31-34(18)23-10-8-22(9-11-23)32(2)3)20-12-26(27-21(14-29)15-30-33(27)17-20)35-25-7-5-4-6-19(25)13-28/h4-7,12,15-17,22-23H,8-11H2,1-3H3/t22-,23-. The number of benzene rings is 1. The number of nitriles is 2. The number of hydrogen-bond donors (Lipinski definition) is 0. The van der Waals surface area contributed by atoms with Gasteiger partial charge in [0.05, 0.1) is 35.1 Å². The molecule has 1 aromatic carbocycles. The van der Waals surface area contributed by atoms with Crippen LogP contribution in [-0.2, 0) is 0 Å². The number of aromatic nitrogens is 4. The fourth-order valence-electron chi connectivity index (χ4n) is 5.05. The maximum Gasteiger partial charge on any atom is 0.103 e. The van der Waals surface area contributed by atoms with Crippen molar-refractivity contribution in [3.63, 3.8) is 0 Å². The maximum absolute atomic E-state index is 9.67. The lowest BCUT2D eigenvalue weighted by atomic mass is 9.90. The van der Waals surface area contributed by atoms with Gasteiger partial charge in [0.1, 0.15) is 12.1 Å². The van der Waals surface area contributed by atoms with Crippen molar-refractivity contribution in [2.24, 2.45) is 0 Å². The van der Waals surface area contributed by atoms with Crippen molar-refractivity contribution in [3.05, 3.63) is 65.7 Å². The predicted octanol–water partition coefficient (Wildman–Crippen LogP) is 5.45. The lowest BCUT2D eigenvalue weighted by Crippen LogP contribution is -2.33. The lowest BCUT2D eigenvalue weighted by molar-refractivity contribution is 0.188. The quantitative estimate of drug-likeness (QED) is 0.377. The molecule has 35 heavy (non-hydrogen) atoms. The average Bonchev–Trinajstić information content (AvgIpc) is 3.47. The number of hydrogen-bond acceptors (Lipinski definition) is 6. The average molecular weight is 482 g/mol. The third-order valence-corrected chi connectivity index (χ3v) is 8.13. The second kappa shape index (κ2) is 9.58. The Morgan fingerprint density at radius 2 is 1.71 bits per heavy atom. The summed E-state index contributed by atoms with van der Waals surface area (Å²) in [5, 5.41) is 28.5. The molecule has 3 heterocycles. The fraction of sp³-hybridized carbons (Fsp3) is 0.333. The molecule has 0 radical (unpaired) electrons. The number of rotatable bonds is 5. The Morgan fingerprint density at radius 3 is 2.43 bits per heavy atom. The summed E-state index contributed by atoms with van der Waals surface area (Å²) in [6, 6.07) is 15.2. The van der Waals surface area contributed by atoms with Crippen molar-refractivity contribution in [1.82, 2.24) is 24.3 Å². The molecular formula is C27H27N7S. The molecule has 0 atom stereocenters. The molecule has 4 aromatic rings. The van der Waals surface area contributed by atoms with Crippen LogP contribution in [0.4, 0.5) is 0 Å². The SMILES string of the molecule is Cc1c(-c2cc(Sc3ccccc3C#N)c3c(C#N)cnn3c2)cnn1[C@H]1CC[C@H](N(C)C)CC1. The van der Waals surface area contributed by atoms with Crippen molar-refractivity contribution >= 4 is 17.3 Å². The second-order valence-corrected chi connectivity index (χ2v) is 10.4. The van der Waals surface area contributed by atoms with Gasteiger partial charge in [-0.25, -0.2) is 4.52 Å². The monoisotopic (exact) mass is 481 g/mol. The van der Waals surface area contributed by atoms with Gasteiger partial charge in [0.15, 0.2) is 0 Å². The van der Waals surface area contributed by atoms with Gasteiger partial charge in [-0.05, 0) is 64.9 Å². The molecule has 0 spiro atoms. The minimum Gasteiger partial charge on any atom is -0.306 e. The molecule has 0 amide bonds. The van der Waals surface area contributed by atoms with E-state index < -0.39 is 0 Å². The lowest BCUT2D eigenvalue weighted by Gasteiger charge is -2.33. The fourth-order valence-corrected chi connectivity index (χ4v) is 6.15. The van der Waals surface area contributed by atoms with E-state index in [1.165, 1.54) is 24.6 Å². The van der Waals surface area contributed by atoms with Gasteiger partial charge in [-0.2, -0.15) is 20.7 Å². The highest BCUT2D eigenvalue weighted by Gasteiger charge is 2.26. The van der Waals surface area contributed by atoms with Crippen LogP contribution in [0.3, 0.4) is 0 Å². The Balaban J connectivity index is 1.54. The molecule has 0 bridgehead atoms. The summed E-state index contributed by atoms with van der Waals surface area (Å²) in [7, 11) is 4.33. The first-order chi connectivity index (χ1) is 17.0. The first-order valence-corrected chi connectivity index (χ1v) is 12.6. The zero-order valence-corrected chi connectivity index (χ0v) is 21.0. The molecule has 5 rings (SSSR count). The van der Waals surface area contributed by atoms with E-state index >= 15 is 0 Å². The second-order valence-electron chi connectivity index (χ2n) is 9.28. The molecule has 176 valence electrons. The van der Waals surface area contributed by atoms with Crippen LogP contribution in [-0.4, -0.2) is 44.4 Å². The Hall–Kier alpha value is -3.59. The summed E-state index contributed by atoms with van der Waals surface area (Å²) < 4.78 is 3.96.